The molecule has 0 saturated heterocycles. The first-order chi connectivity index (χ1) is 11.0. The molecular weight excluding hydrogens is 299 g/mol. The van der Waals surface area contributed by atoms with Gasteiger partial charge in [-0.3, -0.25) is 9.36 Å². The summed E-state index contributed by atoms with van der Waals surface area (Å²) in [5.74, 6) is 0.0552. The molecule has 2 heterocycles. The van der Waals surface area contributed by atoms with Gasteiger partial charge in [0.25, 0.3) is 0 Å². The van der Waals surface area contributed by atoms with Crippen molar-refractivity contribution < 1.29 is 4.39 Å². The first-order valence-electron chi connectivity index (χ1n) is 7.44. The fraction of sp³-hybridized carbons (Fsp3) is 0.312. The molecule has 0 aliphatic heterocycles. The molecule has 0 aliphatic carbocycles. The number of nitrogens with zero attached hydrogens (tertiary/aromatic N) is 4. The van der Waals surface area contributed by atoms with Gasteiger partial charge in [0.15, 0.2) is 0 Å². The Balaban J connectivity index is 2.10. The van der Waals surface area contributed by atoms with Crippen LogP contribution < -0.4 is 11.2 Å². The molecule has 0 bridgehead atoms. The maximum absolute atomic E-state index is 13.0. The van der Waals surface area contributed by atoms with E-state index in [9.17, 15) is 14.0 Å². The molecule has 0 atom stereocenters. The Morgan fingerprint density at radius 1 is 1.13 bits per heavy atom. The molecule has 0 fully saturated rings. The second-order valence-electron chi connectivity index (χ2n) is 5.83. The minimum absolute atomic E-state index is 0.0607. The largest absolute Gasteiger partial charge is 0.350 e. The van der Waals surface area contributed by atoms with E-state index in [0.29, 0.717) is 18.2 Å². The third-order valence-corrected chi connectivity index (χ3v) is 3.67. The normalized spacial score (nSPS) is 11.5. The lowest BCUT2D eigenvalue weighted by molar-refractivity contribution is 0.478. The summed E-state index contributed by atoms with van der Waals surface area (Å²) in [7, 11) is 0. The lowest BCUT2D eigenvalue weighted by atomic mass is 10.1. The lowest BCUT2D eigenvalue weighted by Crippen LogP contribution is -2.24. The molecule has 2 aromatic heterocycles. The van der Waals surface area contributed by atoms with Crippen molar-refractivity contribution in [1.82, 2.24) is 18.7 Å². The first-order valence-corrected chi connectivity index (χ1v) is 7.44. The maximum Gasteiger partial charge on any atom is 0.350 e. The van der Waals surface area contributed by atoms with Crippen LogP contribution in [0.4, 0.5) is 4.39 Å². The van der Waals surface area contributed by atoms with E-state index in [2.05, 4.69) is 18.9 Å². The second kappa shape index (κ2) is 5.83. The van der Waals surface area contributed by atoms with E-state index < -0.39 is 5.56 Å². The van der Waals surface area contributed by atoms with Crippen LogP contribution in [-0.2, 0) is 6.54 Å². The number of hydrogen-bond acceptors (Lipinski definition) is 3. The smallest absolute Gasteiger partial charge is 0.280 e. The first kappa shape index (κ1) is 15.2. The van der Waals surface area contributed by atoms with Crippen LogP contribution in [0.2, 0.25) is 0 Å². The van der Waals surface area contributed by atoms with Crippen molar-refractivity contribution in [2.75, 3.05) is 0 Å². The highest BCUT2D eigenvalue weighted by Gasteiger charge is 2.12. The summed E-state index contributed by atoms with van der Waals surface area (Å²) in [6.45, 7) is 4.58. The van der Waals surface area contributed by atoms with Gasteiger partial charge in [0, 0.05) is 24.6 Å². The van der Waals surface area contributed by atoms with Crippen LogP contribution in [0.15, 0.2) is 46.2 Å². The van der Waals surface area contributed by atoms with Crippen molar-refractivity contribution in [1.29, 1.82) is 0 Å². The minimum atomic E-state index is -0.417. The van der Waals surface area contributed by atoms with Gasteiger partial charge >= 0.3 is 11.2 Å². The molecule has 1 aromatic carbocycles. The number of hydrogen-bond donors (Lipinski definition) is 0. The molecule has 0 amide bonds. The Hall–Kier alpha value is -2.70. The van der Waals surface area contributed by atoms with E-state index >= 15 is 0 Å². The lowest BCUT2D eigenvalue weighted by Gasteiger charge is -2.04. The summed E-state index contributed by atoms with van der Waals surface area (Å²) in [5.41, 5.74) is -0.169. The van der Waals surface area contributed by atoms with Crippen molar-refractivity contribution in [3.05, 3.63) is 63.3 Å². The van der Waals surface area contributed by atoms with Crippen molar-refractivity contribution in [2.24, 2.45) is 5.92 Å². The van der Waals surface area contributed by atoms with Gasteiger partial charge in [-0.25, -0.2) is 18.3 Å². The van der Waals surface area contributed by atoms with E-state index in [0.717, 1.165) is 6.42 Å². The van der Waals surface area contributed by atoms with Gasteiger partial charge in [0.2, 0.25) is 5.65 Å². The molecular formula is C16H17FN4O2. The second-order valence-corrected chi connectivity index (χ2v) is 5.83. The predicted molar refractivity (Wildman–Crippen MR) is 84.5 cm³/mol. The molecule has 23 heavy (non-hydrogen) atoms. The van der Waals surface area contributed by atoms with Crippen molar-refractivity contribution >= 4 is 5.65 Å². The third-order valence-electron chi connectivity index (χ3n) is 3.67. The van der Waals surface area contributed by atoms with Gasteiger partial charge in [0.1, 0.15) is 5.82 Å². The standard InChI is InChI=1S/C16H17FN4O2/c1-11(2)7-8-21-16(23)20-10-9-19(15(22)14(20)18-21)13-5-3-12(17)4-6-13/h3-6,9-11H,7-8H2,1-2H3. The van der Waals surface area contributed by atoms with Crippen LogP contribution in [0.5, 0.6) is 0 Å². The molecule has 0 spiro atoms. The van der Waals surface area contributed by atoms with Gasteiger partial charge < -0.3 is 0 Å². The molecule has 0 radical (unpaired) electrons. The van der Waals surface area contributed by atoms with Gasteiger partial charge in [-0.15, -0.1) is 5.10 Å². The SMILES string of the molecule is CC(C)CCn1nc2c(=O)n(-c3ccc(F)cc3)ccn2c1=O. The molecule has 3 aromatic rings. The van der Waals surface area contributed by atoms with Gasteiger partial charge in [-0.05, 0) is 36.6 Å². The van der Waals surface area contributed by atoms with Gasteiger partial charge in [-0.1, -0.05) is 13.8 Å². The number of aromatic nitrogens is 4. The van der Waals surface area contributed by atoms with E-state index in [-0.39, 0.29) is 17.2 Å². The minimum Gasteiger partial charge on any atom is -0.280 e. The fourth-order valence-corrected chi connectivity index (χ4v) is 2.34. The summed E-state index contributed by atoms with van der Waals surface area (Å²) in [5, 5.41) is 4.15. The number of benzene rings is 1. The molecule has 3 rings (SSSR count). The fourth-order valence-electron chi connectivity index (χ4n) is 2.34. The Morgan fingerprint density at radius 3 is 2.48 bits per heavy atom. The van der Waals surface area contributed by atoms with E-state index in [1.165, 1.54) is 50.3 Å². The van der Waals surface area contributed by atoms with Gasteiger partial charge in [0.05, 0.1) is 0 Å². The summed E-state index contributed by atoms with van der Waals surface area (Å²) in [4.78, 5) is 24.8. The number of fused-ring (bicyclic) bond motifs is 1. The number of aryl methyl sites for hydroxylation is 1. The highest BCUT2D eigenvalue weighted by Crippen LogP contribution is 2.07. The topological polar surface area (TPSA) is 61.3 Å². The monoisotopic (exact) mass is 316 g/mol. The van der Waals surface area contributed by atoms with Crippen LogP contribution in [-0.4, -0.2) is 18.7 Å². The molecule has 0 aliphatic rings. The highest BCUT2D eigenvalue weighted by atomic mass is 19.1. The zero-order valence-corrected chi connectivity index (χ0v) is 12.9. The van der Waals surface area contributed by atoms with Crippen LogP contribution in [0, 0.1) is 11.7 Å². The number of rotatable bonds is 4. The third kappa shape index (κ3) is 2.81. The molecule has 7 heteroatoms. The highest BCUT2D eigenvalue weighted by molar-refractivity contribution is 5.39. The predicted octanol–water partition coefficient (Wildman–Crippen LogP) is 1.83. The molecule has 6 nitrogen and oxygen atoms in total. The molecule has 120 valence electrons. The summed E-state index contributed by atoms with van der Waals surface area (Å²) in [6.07, 6.45) is 3.79. The van der Waals surface area contributed by atoms with E-state index in [1.807, 2.05) is 0 Å². The molecule has 0 N–H and O–H groups in total. The molecule has 0 saturated carbocycles. The van der Waals surface area contributed by atoms with Crippen LogP contribution in [0.1, 0.15) is 20.3 Å². The van der Waals surface area contributed by atoms with Crippen molar-refractivity contribution in [2.45, 2.75) is 26.8 Å². The average Bonchev–Trinajstić information content (AvgIpc) is 2.84. The van der Waals surface area contributed by atoms with E-state index in [4.69, 9.17) is 0 Å². The Morgan fingerprint density at radius 2 is 1.83 bits per heavy atom. The van der Waals surface area contributed by atoms with Crippen molar-refractivity contribution in [3.63, 3.8) is 0 Å². The maximum atomic E-state index is 13.0. The van der Waals surface area contributed by atoms with Crippen LogP contribution in [0.3, 0.4) is 0 Å². The zero-order chi connectivity index (χ0) is 16.6. The Labute approximate surface area is 131 Å². The zero-order valence-electron chi connectivity index (χ0n) is 12.9. The van der Waals surface area contributed by atoms with Crippen molar-refractivity contribution in [3.8, 4) is 5.69 Å². The Bertz CT molecular complexity index is 951. The van der Waals surface area contributed by atoms with Crippen LogP contribution >= 0.6 is 0 Å². The Kier molecular flexibility index (Phi) is 3.85. The molecule has 0 unspecified atom stereocenters. The van der Waals surface area contributed by atoms with E-state index in [1.54, 1.807) is 0 Å². The average molecular weight is 316 g/mol. The quantitative estimate of drug-likeness (QED) is 0.738. The summed E-state index contributed by atoms with van der Waals surface area (Å²) >= 11 is 0. The summed E-state index contributed by atoms with van der Waals surface area (Å²) in [6, 6.07) is 5.56. The number of halogens is 1. The van der Waals surface area contributed by atoms with Gasteiger partial charge in [-0.2, -0.15) is 0 Å². The van der Waals surface area contributed by atoms with Crippen LogP contribution in [0.25, 0.3) is 11.3 Å². The summed E-state index contributed by atoms with van der Waals surface area (Å²) < 4.78 is 16.9.